The molecule has 1 aromatic heterocycles. The number of thiazole rings is 1. The molecule has 5 heteroatoms. The molecule has 0 fully saturated rings. The third-order valence-electron chi connectivity index (χ3n) is 5.50. The second-order valence-corrected chi connectivity index (χ2v) is 8.69. The van der Waals surface area contributed by atoms with E-state index in [2.05, 4.69) is 23.2 Å². The van der Waals surface area contributed by atoms with Gasteiger partial charge < -0.3 is 5.11 Å². The quantitative estimate of drug-likeness (QED) is 0.387. The van der Waals surface area contributed by atoms with Crippen LogP contribution in [0.4, 0.5) is 11.4 Å². The number of hydrogen-bond donors (Lipinski definition) is 1. The predicted octanol–water partition coefficient (Wildman–Crippen LogP) is 6.38. The predicted molar refractivity (Wildman–Crippen MR) is 133 cm³/mol. The molecule has 3 aromatic carbocycles. The molecule has 0 aliphatic carbocycles. The molecule has 2 heterocycles. The van der Waals surface area contributed by atoms with Gasteiger partial charge in [0.2, 0.25) is 5.88 Å². The van der Waals surface area contributed by atoms with Gasteiger partial charge in [0.05, 0.1) is 16.3 Å². The number of aliphatic imine (C=N–C) groups is 1. The van der Waals surface area contributed by atoms with Crippen LogP contribution in [0.1, 0.15) is 22.9 Å². The number of aryl methyl sites for hydroxylation is 1. The van der Waals surface area contributed by atoms with Gasteiger partial charge in [-0.15, -0.1) is 0 Å². The topological polar surface area (TPSA) is 49.9 Å². The van der Waals surface area contributed by atoms with Gasteiger partial charge in [0.1, 0.15) is 0 Å². The zero-order valence-electron chi connectivity index (χ0n) is 17.8. The number of rotatable bonds is 5. The fourth-order valence-electron chi connectivity index (χ4n) is 3.85. The summed E-state index contributed by atoms with van der Waals surface area (Å²) in [5.41, 5.74) is 6.15. The molecule has 0 spiro atoms. The Kier molecular flexibility index (Phi) is 5.57. The molecule has 0 amide bonds. The highest BCUT2D eigenvalue weighted by molar-refractivity contribution is 7.10. The molecule has 4 aromatic rings. The van der Waals surface area contributed by atoms with Gasteiger partial charge in [-0.05, 0) is 43.2 Å². The highest BCUT2D eigenvalue weighted by Gasteiger charge is 2.19. The maximum absolute atomic E-state index is 11.2. The molecular formula is C27H23N3OS. The molecule has 0 radical (unpaired) electrons. The summed E-state index contributed by atoms with van der Waals surface area (Å²) in [6.45, 7) is 2.65. The number of aromatic hydroxyl groups is 1. The Labute approximate surface area is 191 Å². The van der Waals surface area contributed by atoms with Crippen LogP contribution in [0.2, 0.25) is 0 Å². The number of benzene rings is 3. The lowest BCUT2D eigenvalue weighted by atomic mass is 10.0. The summed E-state index contributed by atoms with van der Waals surface area (Å²) >= 11 is 1.49. The van der Waals surface area contributed by atoms with Crippen molar-refractivity contribution >= 4 is 40.1 Å². The normalized spacial score (nSPS) is 14.6. The summed E-state index contributed by atoms with van der Waals surface area (Å²) in [6, 6.07) is 28.3. The number of aromatic nitrogens is 1. The maximum atomic E-state index is 11.2. The van der Waals surface area contributed by atoms with Gasteiger partial charge in [-0.2, -0.15) is 0 Å². The van der Waals surface area contributed by atoms with Crippen molar-refractivity contribution in [3.63, 3.8) is 0 Å². The Bertz CT molecular complexity index is 1380. The van der Waals surface area contributed by atoms with Crippen molar-refractivity contribution < 1.29 is 5.11 Å². The highest BCUT2D eigenvalue weighted by Crippen LogP contribution is 2.37. The van der Waals surface area contributed by atoms with Crippen molar-refractivity contribution in [1.82, 2.24) is 4.57 Å². The van der Waals surface area contributed by atoms with E-state index in [1.54, 1.807) is 0 Å². The van der Waals surface area contributed by atoms with Crippen LogP contribution in [0.3, 0.4) is 0 Å². The molecule has 1 aliphatic rings. The van der Waals surface area contributed by atoms with Crippen molar-refractivity contribution in [1.29, 1.82) is 0 Å². The van der Waals surface area contributed by atoms with Crippen molar-refractivity contribution in [2.45, 2.75) is 19.9 Å². The molecule has 5 rings (SSSR count). The molecule has 4 nitrogen and oxygen atoms in total. The minimum absolute atomic E-state index is 0.241. The SMILES string of the molecule is CC1=Nc2ccccc2C1=Cc1sc(=Nc2ccccc2)n(CCc2ccccc2)c1O. The van der Waals surface area contributed by atoms with Crippen LogP contribution >= 0.6 is 11.3 Å². The van der Waals surface area contributed by atoms with Crippen LogP contribution in [0, 0.1) is 0 Å². The number of fused-ring (bicyclic) bond motifs is 1. The van der Waals surface area contributed by atoms with Crippen LogP contribution in [-0.4, -0.2) is 15.4 Å². The molecule has 0 atom stereocenters. The van der Waals surface area contributed by atoms with E-state index in [-0.39, 0.29) is 5.88 Å². The van der Waals surface area contributed by atoms with E-state index in [4.69, 9.17) is 4.99 Å². The maximum Gasteiger partial charge on any atom is 0.211 e. The lowest BCUT2D eigenvalue weighted by molar-refractivity contribution is 0.411. The second kappa shape index (κ2) is 8.81. The third kappa shape index (κ3) is 4.07. The van der Waals surface area contributed by atoms with Crippen molar-refractivity contribution in [2.75, 3.05) is 0 Å². The van der Waals surface area contributed by atoms with E-state index in [1.807, 2.05) is 84.3 Å². The first-order valence-corrected chi connectivity index (χ1v) is 11.4. The van der Waals surface area contributed by atoms with Crippen LogP contribution < -0.4 is 4.80 Å². The fourth-order valence-corrected chi connectivity index (χ4v) is 4.86. The Morgan fingerprint density at radius 2 is 1.62 bits per heavy atom. The minimum Gasteiger partial charge on any atom is -0.493 e. The molecule has 1 aliphatic heterocycles. The first-order chi connectivity index (χ1) is 15.7. The molecular weight excluding hydrogens is 414 g/mol. The zero-order chi connectivity index (χ0) is 21.9. The lowest BCUT2D eigenvalue weighted by Crippen LogP contribution is -2.15. The Hall–Kier alpha value is -3.70. The summed E-state index contributed by atoms with van der Waals surface area (Å²) in [5.74, 6) is 0.241. The summed E-state index contributed by atoms with van der Waals surface area (Å²) < 4.78 is 1.91. The van der Waals surface area contributed by atoms with Crippen LogP contribution in [0.5, 0.6) is 5.88 Å². The second-order valence-electron chi connectivity index (χ2n) is 7.68. The molecule has 1 N–H and O–H groups in total. The first kappa shape index (κ1) is 20.2. The zero-order valence-corrected chi connectivity index (χ0v) is 18.6. The Balaban J connectivity index is 1.59. The van der Waals surface area contributed by atoms with E-state index < -0.39 is 0 Å². The van der Waals surface area contributed by atoms with Crippen LogP contribution in [-0.2, 0) is 13.0 Å². The summed E-state index contributed by atoms with van der Waals surface area (Å²) in [5, 5.41) is 11.2. The van der Waals surface area contributed by atoms with Gasteiger partial charge >= 0.3 is 0 Å². The average Bonchev–Trinajstić information content (AvgIpc) is 3.29. The third-order valence-corrected chi connectivity index (χ3v) is 6.52. The van der Waals surface area contributed by atoms with Crippen molar-refractivity contribution in [2.24, 2.45) is 9.98 Å². The standard InChI is InChI=1S/C27H23N3OS/c1-19-23(22-14-8-9-15-24(22)28-19)18-25-26(31)30(17-16-20-10-4-2-5-11-20)27(32-25)29-21-12-6-3-7-13-21/h2-15,18,31H,16-17H2,1H3. The smallest absolute Gasteiger partial charge is 0.211 e. The molecule has 0 saturated carbocycles. The summed E-state index contributed by atoms with van der Waals surface area (Å²) in [7, 11) is 0. The van der Waals surface area contributed by atoms with E-state index in [9.17, 15) is 5.11 Å². The van der Waals surface area contributed by atoms with E-state index in [0.29, 0.717) is 6.54 Å². The van der Waals surface area contributed by atoms with Gasteiger partial charge in [0, 0.05) is 23.4 Å². The van der Waals surface area contributed by atoms with Crippen LogP contribution in [0.25, 0.3) is 11.6 Å². The number of hydrogen-bond acceptors (Lipinski definition) is 4. The van der Waals surface area contributed by atoms with Crippen molar-refractivity contribution in [3.05, 3.63) is 106 Å². The van der Waals surface area contributed by atoms with E-state index in [0.717, 1.165) is 44.3 Å². The van der Waals surface area contributed by atoms with Gasteiger partial charge in [-0.3, -0.25) is 9.56 Å². The summed E-state index contributed by atoms with van der Waals surface area (Å²) in [4.78, 5) is 11.1. The molecule has 0 unspecified atom stereocenters. The lowest BCUT2D eigenvalue weighted by Gasteiger charge is -2.06. The fraction of sp³-hybridized carbons (Fsp3) is 0.111. The monoisotopic (exact) mass is 437 g/mol. The van der Waals surface area contributed by atoms with Gasteiger partial charge in [0.15, 0.2) is 4.80 Å². The molecule has 32 heavy (non-hydrogen) atoms. The molecule has 0 bridgehead atoms. The van der Waals surface area contributed by atoms with Gasteiger partial charge in [-0.1, -0.05) is 78.1 Å². The molecule has 158 valence electrons. The number of para-hydroxylation sites is 2. The van der Waals surface area contributed by atoms with E-state index in [1.165, 1.54) is 16.9 Å². The minimum atomic E-state index is 0.241. The highest BCUT2D eigenvalue weighted by atomic mass is 32.1. The average molecular weight is 438 g/mol. The first-order valence-electron chi connectivity index (χ1n) is 10.6. The van der Waals surface area contributed by atoms with Gasteiger partial charge in [-0.25, -0.2) is 4.99 Å². The Morgan fingerprint density at radius 1 is 0.938 bits per heavy atom. The number of nitrogens with zero attached hydrogens (tertiary/aromatic N) is 3. The summed E-state index contributed by atoms with van der Waals surface area (Å²) in [6.07, 6.45) is 2.85. The van der Waals surface area contributed by atoms with Crippen molar-refractivity contribution in [3.8, 4) is 5.88 Å². The largest absolute Gasteiger partial charge is 0.493 e. The van der Waals surface area contributed by atoms with Gasteiger partial charge in [0.25, 0.3) is 0 Å². The number of allylic oxidation sites excluding steroid dienone is 1. The molecule has 0 saturated heterocycles. The van der Waals surface area contributed by atoms with Crippen LogP contribution in [0.15, 0.2) is 94.9 Å². The van der Waals surface area contributed by atoms with E-state index >= 15 is 0 Å². The Morgan fingerprint density at radius 3 is 2.41 bits per heavy atom.